The standard InChI is InChI=1S/C10H12N6O3/c1-7(17)13-9-4-2-8(3-5-9)6-12-14-10(11)15-16(18)19/h2-6H,1H3,(H,13,17)(H3,11,14,15)/b12-6-. The predicted octanol–water partition coefficient (Wildman–Crippen LogP) is 0.0749. The normalized spacial score (nSPS) is 11.3. The summed E-state index contributed by atoms with van der Waals surface area (Å²) in [6.45, 7) is 1.41. The van der Waals surface area contributed by atoms with Gasteiger partial charge in [-0.15, -0.1) is 0 Å². The number of nitrogens with zero attached hydrogens (tertiary/aromatic N) is 3. The van der Waals surface area contributed by atoms with Gasteiger partial charge >= 0.3 is 0 Å². The Morgan fingerprint density at radius 3 is 2.58 bits per heavy atom. The Morgan fingerprint density at radius 1 is 1.42 bits per heavy atom. The molecule has 1 rings (SSSR count). The van der Waals surface area contributed by atoms with Crippen LogP contribution in [-0.4, -0.2) is 23.1 Å². The van der Waals surface area contributed by atoms with Crippen LogP contribution < -0.4 is 16.5 Å². The molecule has 1 aromatic carbocycles. The SMILES string of the molecule is CC(=O)Nc1ccc(/C=N\N/C(N)=N/[N+](=O)[O-])cc1. The van der Waals surface area contributed by atoms with Crippen LogP contribution in [0.1, 0.15) is 12.5 Å². The van der Waals surface area contributed by atoms with Crippen molar-refractivity contribution in [3.63, 3.8) is 0 Å². The van der Waals surface area contributed by atoms with Gasteiger partial charge < -0.3 is 11.1 Å². The van der Waals surface area contributed by atoms with Gasteiger partial charge in [0.1, 0.15) is 5.10 Å². The van der Waals surface area contributed by atoms with E-state index in [1.165, 1.54) is 13.1 Å². The van der Waals surface area contributed by atoms with Gasteiger partial charge in [0.15, 0.2) is 5.03 Å². The van der Waals surface area contributed by atoms with Gasteiger partial charge in [-0.25, -0.2) is 15.5 Å². The van der Waals surface area contributed by atoms with Crippen LogP contribution in [0.3, 0.4) is 0 Å². The van der Waals surface area contributed by atoms with E-state index in [2.05, 4.69) is 20.9 Å². The maximum absolute atomic E-state index is 10.8. The van der Waals surface area contributed by atoms with Crippen molar-refractivity contribution in [2.24, 2.45) is 15.9 Å². The van der Waals surface area contributed by atoms with Crippen molar-refractivity contribution in [1.29, 1.82) is 0 Å². The molecule has 0 bridgehead atoms. The van der Waals surface area contributed by atoms with Crippen molar-refractivity contribution in [1.82, 2.24) is 5.43 Å². The first kappa shape index (κ1) is 14.1. The number of hydrogen-bond donors (Lipinski definition) is 3. The van der Waals surface area contributed by atoms with E-state index in [1.54, 1.807) is 24.3 Å². The summed E-state index contributed by atoms with van der Waals surface area (Å²) in [7, 11) is 0. The second-order valence-electron chi connectivity index (χ2n) is 3.40. The van der Waals surface area contributed by atoms with E-state index in [9.17, 15) is 14.9 Å². The van der Waals surface area contributed by atoms with E-state index in [-0.39, 0.29) is 5.91 Å². The summed E-state index contributed by atoms with van der Waals surface area (Å²) in [6, 6.07) is 6.79. The van der Waals surface area contributed by atoms with Gasteiger partial charge in [-0.1, -0.05) is 12.1 Å². The molecule has 19 heavy (non-hydrogen) atoms. The second kappa shape index (κ2) is 6.69. The molecule has 0 saturated carbocycles. The number of hydrazone groups is 2. The fourth-order valence-electron chi connectivity index (χ4n) is 1.14. The molecule has 0 atom stereocenters. The van der Waals surface area contributed by atoms with Gasteiger partial charge in [0.25, 0.3) is 5.96 Å². The van der Waals surface area contributed by atoms with E-state index in [1.807, 2.05) is 0 Å². The molecule has 0 aliphatic carbocycles. The van der Waals surface area contributed by atoms with Crippen molar-refractivity contribution >= 4 is 23.8 Å². The maximum Gasteiger partial charge on any atom is 0.286 e. The third kappa shape index (κ3) is 5.77. The highest BCUT2D eigenvalue weighted by Gasteiger charge is 1.96. The summed E-state index contributed by atoms with van der Waals surface area (Å²) >= 11 is 0. The Morgan fingerprint density at radius 2 is 2.05 bits per heavy atom. The third-order valence-electron chi connectivity index (χ3n) is 1.81. The van der Waals surface area contributed by atoms with Gasteiger partial charge in [-0.3, -0.25) is 4.79 Å². The number of carbonyl (C=O) groups is 1. The van der Waals surface area contributed by atoms with Crippen LogP contribution in [0.15, 0.2) is 34.5 Å². The zero-order valence-corrected chi connectivity index (χ0v) is 10.0. The number of amides is 1. The first-order valence-electron chi connectivity index (χ1n) is 5.12. The van der Waals surface area contributed by atoms with E-state index in [0.29, 0.717) is 5.69 Å². The van der Waals surface area contributed by atoms with Crippen molar-refractivity contribution in [2.75, 3.05) is 5.32 Å². The monoisotopic (exact) mass is 264 g/mol. The number of hydrogen-bond acceptors (Lipinski definition) is 4. The smallest absolute Gasteiger partial charge is 0.286 e. The molecule has 0 radical (unpaired) electrons. The lowest BCUT2D eigenvalue weighted by Gasteiger charge is -2.01. The fourth-order valence-corrected chi connectivity index (χ4v) is 1.14. The van der Waals surface area contributed by atoms with Gasteiger partial charge in [0.05, 0.1) is 6.21 Å². The van der Waals surface area contributed by atoms with E-state index >= 15 is 0 Å². The maximum atomic E-state index is 10.8. The number of nitrogens with one attached hydrogen (secondary N) is 2. The molecule has 0 aliphatic rings. The summed E-state index contributed by atoms with van der Waals surface area (Å²) in [6.07, 6.45) is 1.40. The molecule has 0 heterocycles. The molecule has 0 spiro atoms. The molecule has 4 N–H and O–H groups in total. The number of guanidine groups is 1. The summed E-state index contributed by atoms with van der Waals surface area (Å²) in [5, 5.41) is 18.1. The van der Waals surface area contributed by atoms with Crippen LogP contribution in [0.4, 0.5) is 5.69 Å². The second-order valence-corrected chi connectivity index (χ2v) is 3.40. The Labute approximate surface area is 108 Å². The van der Waals surface area contributed by atoms with Crippen LogP contribution in [0.5, 0.6) is 0 Å². The summed E-state index contributed by atoms with van der Waals surface area (Å²) in [5.74, 6) is -0.581. The van der Waals surface area contributed by atoms with E-state index < -0.39 is 11.0 Å². The molecule has 0 fully saturated rings. The number of benzene rings is 1. The largest absolute Gasteiger partial charge is 0.363 e. The lowest BCUT2D eigenvalue weighted by Crippen LogP contribution is -2.28. The quantitative estimate of drug-likeness (QED) is 0.306. The van der Waals surface area contributed by atoms with Gasteiger partial charge in [0, 0.05) is 12.6 Å². The first-order chi connectivity index (χ1) is 8.97. The Hall–Kier alpha value is -2.97. The topological polar surface area (TPSA) is 135 Å². The van der Waals surface area contributed by atoms with Crippen molar-refractivity contribution < 1.29 is 9.83 Å². The molecule has 9 heteroatoms. The summed E-state index contributed by atoms with van der Waals surface area (Å²) in [4.78, 5) is 20.8. The molecule has 0 unspecified atom stereocenters. The van der Waals surface area contributed by atoms with Gasteiger partial charge in [-0.2, -0.15) is 5.10 Å². The average molecular weight is 264 g/mol. The summed E-state index contributed by atoms with van der Waals surface area (Å²) in [5.41, 5.74) is 8.73. The zero-order valence-electron chi connectivity index (χ0n) is 10.0. The molecule has 1 amide bonds. The highest BCUT2D eigenvalue weighted by atomic mass is 16.7. The minimum absolute atomic E-state index is 0.160. The Kier molecular flexibility index (Phi) is 4.96. The number of nitro groups is 1. The van der Waals surface area contributed by atoms with Crippen LogP contribution >= 0.6 is 0 Å². The minimum atomic E-state index is -0.930. The molecule has 9 nitrogen and oxygen atoms in total. The van der Waals surface area contributed by atoms with Crippen molar-refractivity contribution in [3.05, 3.63) is 39.9 Å². The van der Waals surface area contributed by atoms with Crippen LogP contribution in [0, 0.1) is 10.1 Å². The van der Waals surface area contributed by atoms with Gasteiger partial charge in [-0.05, 0) is 17.7 Å². The number of nitrogens with two attached hydrogens (primary N) is 1. The van der Waals surface area contributed by atoms with Crippen LogP contribution in [0.25, 0.3) is 0 Å². The fraction of sp³-hybridized carbons (Fsp3) is 0.100. The zero-order chi connectivity index (χ0) is 14.3. The van der Waals surface area contributed by atoms with E-state index in [0.717, 1.165) is 5.56 Å². The molecule has 0 aromatic heterocycles. The average Bonchev–Trinajstić information content (AvgIpc) is 2.29. The van der Waals surface area contributed by atoms with Gasteiger partial charge in [0.2, 0.25) is 5.91 Å². The third-order valence-corrected chi connectivity index (χ3v) is 1.81. The summed E-state index contributed by atoms with van der Waals surface area (Å²) < 4.78 is 0. The lowest BCUT2D eigenvalue weighted by molar-refractivity contribution is -0.485. The highest BCUT2D eigenvalue weighted by molar-refractivity contribution is 5.89. The molecular formula is C10H12N6O3. The van der Waals surface area contributed by atoms with Crippen molar-refractivity contribution in [2.45, 2.75) is 6.92 Å². The Bertz CT molecular complexity index is 523. The van der Waals surface area contributed by atoms with Crippen LogP contribution in [0.2, 0.25) is 0 Å². The predicted molar refractivity (Wildman–Crippen MR) is 70.1 cm³/mol. The molecule has 0 saturated heterocycles. The number of carbonyl (C=O) groups excluding carboxylic acids is 1. The minimum Gasteiger partial charge on any atom is -0.363 e. The number of anilines is 1. The van der Waals surface area contributed by atoms with E-state index in [4.69, 9.17) is 5.73 Å². The number of rotatable bonds is 4. The lowest BCUT2D eigenvalue weighted by atomic mass is 10.2. The molecule has 0 aliphatic heterocycles. The molecule has 100 valence electrons. The van der Waals surface area contributed by atoms with Crippen molar-refractivity contribution in [3.8, 4) is 0 Å². The molecular weight excluding hydrogens is 252 g/mol. The molecule has 1 aromatic rings. The van der Waals surface area contributed by atoms with Crippen LogP contribution in [-0.2, 0) is 4.79 Å². The Balaban J connectivity index is 2.58. The first-order valence-corrected chi connectivity index (χ1v) is 5.12. The highest BCUT2D eigenvalue weighted by Crippen LogP contribution is 2.07.